The number of pyridine rings is 1. The van der Waals surface area contributed by atoms with Crippen molar-refractivity contribution in [3.63, 3.8) is 0 Å². The number of aliphatic hydroxyl groups is 1. The van der Waals surface area contributed by atoms with E-state index in [1.54, 1.807) is 23.2 Å². The van der Waals surface area contributed by atoms with Gasteiger partial charge in [0.05, 0.1) is 17.7 Å². The molecule has 0 spiro atoms. The van der Waals surface area contributed by atoms with E-state index in [9.17, 15) is 9.90 Å². The predicted molar refractivity (Wildman–Crippen MR) is 83.5 cm³/mol. The number of hydrogen-bond acceptors (Lipinski definition) is 4. The van der Waals surface area contributed by atoms with Gasteiger partial charge < -0.3 is 15.3 Å². The molecule has 1 aliphatic carbocycles. The highest BCUT2D eigenvalue weighted by molar-refractivity contribution is 6.30. The first kappa shape index (κ1) is 16.0. The van der Waals surface area contributed by atoms with Crippen LogP contribution in [0.4, 0.5) is 5.82 Å². The highest BCUT2D eigenvalue weighted by atomic mass is 35.5. The molecule has 1 aromatic heterocycles. The minimum absolute atomic E-state index is 0.0629. The summed E-state index contributed by atoms with van der Waals surface area (Å²) in [6.45, 7) is 0.777. The number of aliphatic hydroxyl groups excluding tert-OH is 1. The summed E-state index contributed by atoms with van der Waals surface area (Å²) in [5.74, 6) is 0.820. The summed E-state index contributed by atoms with van der Waals surface area (Å²) < 4.78 is 0. The molecule has 2 rings (SSSR count). The third-order valence-corrected chi connectivity index (χ3v) is 4.14. The van der Waals surface area contributed by atoms with Gasteiger partial charge in [-0.1, -0.05) is 24.4 Å². The molecule has 116 valence electrons. The number of carbonyl (C=O) groups is 1. The Kier molecular flexibility index (Phi) is 5.82. The number of rotatable bonds is 5. The van der Waals surface area contributed by atoms with Crippen molar-refractivity contribution < 1.29 is 9.90 Å². The molecule has 1 fully saturated rings. The highest BCUT2D eigenvalue weighted by Gasteiger charge is 2.23. The van der Waals surface area contributed by atoms with Crippen molar-refractivity contribution in [3.8, 4) is 0 Å². The third kappa shape index (κ3) is 4.86. The zero-order valence-electron chi connectivity index (χ0n) is 12.3. The molecule has 0 saturated heterocycles. The summed E-state index contributed by atoms with van der Waals surface area (Å²) in [5.41, 5.74) is 0. The summed E-state index contributed by atoms with van der Waals surface area (Å²) in [6.07, 6.45) is 5.31. The smallest absolute Gasteiger partial charge is 0.239 e. The van der Waals surface area contributed by atoms with Crippen molar-refractivity contribution in [2.75, 3.05) is 25.0 Å². The second-order valence-electron chi connectivity index (χ2n) is 5.61. The van der Waals surface area contributed by atoms with Crippen molar-refractivity contribution >= 4 is 23.3 Å². The van der Waals surface area contributed by atoms with Gasteiger partial charge in [0, 0.05) is 25.7 Å². The Morgan fingerprint density at radius 3 is 2.90 bits per heavy atom. The van der Waals surface area contributed by atoms with E-state index >= 15 is 0 Å². The van der Waals surface area contributed by atoms with Gasteiger partial charge in [-0.05, 0) is 25.0 Å². The van der Waals surface area contributed by atoms with Crippen LogP contribution in [0.25, 0.3) is 0 Å². The van der Waals surface area contributed by atoms with E-state index in [0.717, 1.165) is 25.7 Å². The zero-order valence-corrected chi connectivity index (χ0v) is 13.0. The van der Waals surface area contributed by atoms with E-state index in [2.05, 4.69) is 10.3 Å². The molecule has 1 aromatic rings. The number of carbonyl (C=O) groups excluding carboxylic acids is 1. The number of halogens is 1. The number of likely N-dealkylation sites (N-methyl/N-ethyl adjacent to an activating group) is 1. The number of nitrogens with zero attached hydrogens (tertiary/aromatic N) is 2. The molecule has 0 aliphatic heterocycles. The first-order valence-electron chi connectivity index (χ1n) is 7.33. The molecule has 0 aromatic carbocycles. The fourth-order valence-corrected chi connectivity index (χ4v) is 2.73. The van der Waals surface area contributed by atoms with Crippen LogP contribution in [0.3, 0.4) is 0 Å². The van der Waals surface area contributed by atoms with Crippen LogP contribution in [0.2, 0.25) is 5.02 Å². The van der Waals surface area contributed by atoms with Gasteiger partial charge in [0.1, 0.15) is 5.82 Å². The molecule has 21 heavy (non-hydrogen) atoms. The van der Waals surface area contributed by atoms with Crippen LogP contribution >= 0.6 is 11.6 Å². The van der Waals surface area contributed by atoms with Crippen LogP contribution in [0, 0.1) is 5.92 Å². The van der Waals surface area contributed by atoms with Gasteiger partial charge in [-0.3, -0.25) is 4.79 Å². The first-order valence-corrected chi connectivity index (χ1v) is 7.71. The maximum Gasteiger partial charge on any atom is 0.239 e. The summed E-state index contributed by atoms with van der Waals surface area (Å²) in [5, 5.41) is 13.4. The number of nitrogens with one attached hydrogen (secondary N) is 1. The monoisotopic (exact) mass is 311 g/mol. The minimum atomic E-state index is -0.283. The summed E-state index contributed by atoms with van der Waals surface area (Å²) in [7, 11) is 1.81. The van der Waals surface area contributed by atoms with E-state index in [1.807, 2.05) is 7.05 Å². The molecular formula is C15H22ClN3O2. The molecule has 1 heterocycles. The van der Waals surface area contributed by atoms with Gasteiger partial charge >= 0.3 is 0 Å². The van der Waals surface area contributed by atoms with Gasteiger partial charge in [-0.15, -0.1) is 0 Å². The third-order valence-electron chi connectivity index (χ3n) is 3.91. The van der Waals surface area contributed by atoms with Gasteiger partial charge in [-0.25, -0.2) is 4.98 Å². The number of anilines is 1. The molecule has 0 radical (unpaired) electrons. The first-order chi connectivity index (χ1) is 10.1. The maximum absolute atomic E-state index is 12.0. The molecular weight excluding hydrogens is 290 g/mol. The average molecular weight is 312 g/mol. The fourth-order valence-electron chi connectivity index (χ4n) is 2.62. The zero-order chi connectivity index (χ0) is 15.2. The Labute approximate surface area is 130 Å². The van der Waals surface area contributed by atoms with Crippen LogP contribution in [-0.2, 0) is 4.79 Å². The predicted octanol–water partition coefficient (Wildman–Crippen LogP) is 1.84. The molecule has 2 N–H and O–H groups in total. The quantitative estimate of drug-likeness (QED) is 0.871. The lowest BCUT2D eigenvalue weighted by atomic mass is 9.86. The molecule has 0 bridgehead atoms. The number of aromatic nitrogens is 1. The van der Waals surface area contributed by atoms with E-state index in [0.29, 0.717) is 17.4 Å². The molecule has 2 unspecified atom stereocenters. The van der Waals surface area contributed by atoms with Gasteiger partial charge in [-0.2, -0.15) is 0 Å². The fraction of sp³-hybridized carbons (Fsp3) is 0.600. The molecule has 2 atom stereocenters. The van der Waals surface area contributed by atoms with Crippen molar-refractivity contribution in [1.82, 2.24) is 10.3 Å². The van der Waals surface area contributed by atoms with Crippen LogP contribution in [0.5, 0.6) is 0 Å². The van der Waals surface area contributed by atoms with E-state index in [-0.39, 0.29) is 24.5 Å². The summed E-state index contributed by atoms with van der Waals surface area (Å²) in [6, 6.07) is 3.52. The van der Waals surface area contributed by atoms with Crippen molar-refractivity contribution in [2.24, 2.45) is 5.92 Å². The Bertz CT molecular complexity index is 466. The summed E-state index contributed by atoms with van der Waals surface area (Å²) in [4.78, 5) is 17.9. The lowest BCUT2D eigenvalue weighted by molar-refractivity contribution is -0.120. The highest BCUT2D eigenvalue weighted by Crippen LogP contribution is 2.23. The van der Waals surface area contributed by atoms with Gasteiger partial charge in [0.25, 0.3) is 0 Å². The van der Waals surface area contributed by atoms with E-state index in [1.165, 1.54) is 0 Å². The normalized spacial score (nSPS) is 21.9. The Morgan fingerprint density at radius 1 is 1.48 bits per heavy atom. The number of hydrogen-bond donors (Lipinski definition) is 2. The second-order valence-corrected chi connectivity index (χ2v) is 6.04. The lowest BCUT2D eigenvalue weighted by Gasteiger charge is -2.28. The topological polar surface area (TPSA) is 65.5 Å². The molecule has 1 amide bonds. The van der Waals surface area contributed by atoms with Crippen molar-refractivity contribution in [3.05, 3.63) is 23.4 Å². The van der Waals surface area contributed by atoms with Crippen LogP contribution in [-0.4, -0.2) is 42.2 Å². The molecule has 1 aliphatic rings. The number of amides is 1. The Hall–Kier alpha value is -1.33. The molecule has 5 nitrogen and oxygen atoms in total. The van der Waals surface area contributed by atoms with Crippen LogP contribution < -0.4 is 10.2 Å². The van der Waals surface area contributed by atoms with Crippen LogP contribution in [0.15, 0.2) is 18.3 Å². The van der Waals surface area contributed by atoms with E-state index < -0.39 is 0 Å². The summed E-state index contributed by atoms with van der Waals surface area (Å²) >= 11 is 5.79. The van der Waals surface area contributed by atoms with Crippen molar-refractivity contribution in [2.45, 2.75) is 31.8 Å². The van der Waals surface area contributed by atoms with Gasteiger partial charge in [0.15, 0.2) is 0 Å². The molecule has 1 saturated carbocycles. The SMILES string of the molecule is CN(CC(=O)NCC1CCCCC1O)c1ccc(Cl)cn1. The molecule has 6 heteroatoms. The largest absolute Gasteiger partial charge is 0.393 e. The van der Waals surface area contributed by atoms with Crippen LogP contribution in [0.1, 0.15) is 25.7 Å². The Morgan fingerprint density at radius 2 is 2.24 bits per heavy atom. The van der Waals surface area contributed by atoms with E-state index in [4.69, 9.17) is 11.6 Å². The average Bonchev–Trinajstić information content (AvgIpc) is 2.47. The van der Waals surface area contributed by atoms with Crippen molar-refractivity contribution in [1.29, 1.82) is 0 Å². The minimum Gasteiger partial charge on any atom is -0.393 e. The standard InChI is InChI=1S/C15H22ClN3O2/c1-19(14-7-6-12(16)9-17-14)10-15(21)18-8-11-4-2-3-5-13(11)20/h6-7,9,11,13,20H,2-5,8,10H2,1H3,(H,18,21). The maximum atomic E-state index is 12.0. The lowest BCUT2D eigenvalue weighted by Crippen LogP contribution is -2.41. The second kappa shape index (κ2) is 7.61. The Balaban J connectivity index is 1.77. The van der Waals surface area contributed by atoms with Gasteiger partial charge in [0.2, 0.25) is 5.91 Å².